The Morgan fingerprint density at radius 2 is 1.89 bits per heavy atom. The standard InChI is InChI=1S/C11H16F3N3O/c1-2-16-9-5-10(7-15-6-9)17-3-4-18-8-11(12,13)14/h5-7,16-17H,2-4,8H2,1H3. The van der Waals surface area contributed by atoms with Gasteiger partial charge in [0.2, 0.25) is 0 Å². The van der Waals surface area contributed by atoms with Crippen LogP contribution in [0.4, 0.5) is 24.5 Å². The molecule has 18 heavy (non-hydrogen) atoms. The average molecular weight is 263 g/mol. The summed E-state index contributed by atoms with van der Waals surface area (Å²) in [6, 6.07) is 1.83. The highest BCUT2D eigenvalue weighted by molar-refractivity contribution is 5.53. The Labute approximate surface area is 104 Å². The maximum absolute atomic E-state index is 11.8. The predicted octanol–water partition coefficient (Wildman–Crippen LogP) is 2.50. The van der Waals surface area contributed by atoms with Crippen molar-refractivity contribution in [1.82, 2.24) is 4.98 Å². The van der Waals surface area contributed by atoms with Gasteiger partial charge in [-0.2, -0.15) is 13.2 Å². The van der Waals surface area contributed by atoms with Gasteiger partial charge in [-0.15, -0.1) is 0 Å². The fourth-order valence-corrected chi connectivity index (χ4v) is 1.29. The summed E-state index contributed by atoms with van der Waals surface area (Å²) in [5.41, 5.74) is 1.60. The lowest BCUT2D eigenvalue weighted by Gasteiger charge is -2.10. The Bertz CT molecular complexity index is 358. The van der Waals surface area contributed by atoms with Gasteiger partial charge in [0.05, 0.1) is 30.4 Å². The van der Waals surface area contributed by atoms with Crippen LogP contribution in [0.3, 0.4) is 0 Å². The SMILES string of the molecule is CCNc1cncc(NCCOCC(F)(F)F)c1. The first-order chi connectivity index (χ1) is 8.51. The van der Waals surface area contributed by atoms with Gasteiger partial charge >= 0.3 is 6.18 Å². The van der Waals surface area contributed by atoms with Crippen LogP contribution in [0.1, 0.15) is 6.92 Å². The number of nitrogens with one attached hydrogen (secondary N) is 2. The van der Waals surface area contributed by atoms with Gasteiger partial charge in [-0.25, -0.2) is 0 Å². The quantitative estimate of drug-likeness (QED) is 0.742. The highest BCUT2D eigenvalue weighted by Crippen LogP contribution is 2.14. The number of aromatic nitrogens is 1. The van der Waals surface area contributed by atoms with E-state index in [1.165, 1.54) is 0 Å². The molecule has 0 saturated carbocycles. The number of halogens is 3. The summed E-state index contributed by atoms with van der Waals surface area (Å²) in [7, 11) is 0. The van der Waals surface area contributed by atoms with Crippen LogP contribution in [0.15, 0.2) is 18.5 Å². The second-order valence-corrected chi connectivity index (χ2v) is 3.59. The first kappa shape index (κ1) is 14.6. The van der Waals surface area contributed by atoms with Crippen LogP contribution in [0.5, 0.6) is 0 Å². The second kappa shape index (κ2) is 7.05. The van der Waals surface area contributed by atoms with Crippen LogP contribution in [0, 0.1) is 0 Å². The number of hydrogen-bond acceptors (Lipinski definition) is 4. The summed E-state index contributed by atoms with van der Waals surface area (Å²) < 4.78 is 39.8. The predicted molar refractivity (Wildman–Crippen MR) is 63.8 cm³/mol. The van der Waals surface area contributed by atoms with Crippen LogP contribution in [-0.2, 0) is 4.74 Å². The van der Waals surface area contributed by atoms with E-state index >= 15 is 0 Å². The van der Waals surface area contributed by atoms with E-state index in [1.54, 1.807) is 12.4 Å². The minimum atomic E-state index is -4.27. The molecule has 0 aliphatic carbocycles. The molecule has 0 saturated heterocycles. The zero-order valence-electron chi connectivity index (χ0n) is 10.0. The molecule has 2 N–H and O–H groups in total. The van der Waals surface area contributed by atoms with Crippen molar-refractivity contribution in [3.05, 3.63) is 18.5 Å². The highest BCUT2D eigenvalue weighted by atomic mass is 19.4. The normalized spacial score (nSPS) is 11.3. The Morgan fingerprint density at radius 3 is 2.50 bits per heavy atom. The van der Waals surface area contributed by atoms with E-state index in [2.05, 4.69) is 20.4 Å². The summed E-state index contributed by atoms with van der Waals surface area (Å²) in [4.78, 5) is 4.00. The monoisotopic (exact) mass is 263 g/mol. The van der Waals surface area contributed by atoms with Crippen molar-refractivity contribution < 1.29 is 17.9 Å². The van der Waals surface area contributed by atoms with E-state index in [-0.39, 0.29) is 6.61 Å². The number of hydrogen-bond donors (Lipinski definition) is 2. The maximum atomic E-state index is 11.8. The maximum Gasteiger partial charge on any atom is 0.411 e. The lowest BCUT2D eigenvalue weighted by atomic mass is 10.3. The Kier molecular flexibility index (Phi) is 5.70. The molecule has 0 fully saturated rings. The largest absolute Gasteiger partial charge is 0.411 e. The van der Waals surface area contributed by atoms with Crippen LogP contribution in [-0.4, -0.2) is 37.5 Å². The van der Waals surface area contributed by atoms with E-state index in [0.29, 0.717) is 6.54 Å². The van der Waals surface area contributed by atoms with Crippen molar-refractivity contribution in [2.75, 3.05) is 36.9 Å². The molecule has 1 heterocycles. The molecule has 4 nitrogen and oxygen atoms in total. The van der Waals surface area contributed by atoms with E-state index < -0.39 is 12.8 Å². The molecule has 0 atom stereocenters. The highest BCUT2D eigenvalue weighted by Gasteiger charge is 2.27. The molecule has 102 valence electrons. The molecule has 1 aromatic rings. The molecular weight excluding hydrogens is 247 g/mol. The molecule has 1 rings (SSSR count). The lowest BCUT2D eigenvalue weighted by molar-refractivity contribution is -0.172. The molecule has 0 spiro atoms. The van der Waals surface area contributed by atoms with Gasteiger partial charge in [0.25, 0.3) is 0 Å². The van der Waals surface area contributed by atoms with Crippen molar-refractivity contribution >= 4 is 11.4 Å². The van der Waals surface area contributed by atoms with Crippen LogP contribution in [0.2, 0.25) is 0 Å². The van der Waals surface area contributed by atoms with E-state index in [4.69, 9.17) is 0 Å². The zero-order chi connectivity index (χ0) is 13.4. The molecule has 0 aromatic carbocycles. The van der Waals surface area contributed by atoms with Gasteiger partial charge in [-0.3, -0.25) is 4.98 Å². The second-order valence-electron chi connectivity index (χ2n) is 3.59. The molecule has 1 aromatic heterocycles. The molecule has 0 aliphatic heterocycles. The number of anilines is 2. The van der Waals surface area contributed by atoms with Crippen molar-refractivity contribution in [2.45, 2.75) is 13.1 Å². The van der Waals surface area contributed by atoms with Crippen molar-refractivity contribution in [3.63, 3.8) is 0 Å². The van der Waals surface area contributed by atoms with Crippen molar-refractivity contribution in [3.8, 4) is 0 Å². The average Bonchev–Trinajstić information content (AvgIpc) is 2.28. The van der Waals surface area contributed by atoms with Gasteiger partial charge in [0.15, 0.2) is 0 Å². The lowest BCUT2D eigenvalue weighted by Crippen LogP contribution is -2.20. The molecular formula is C11H16F3N3O. The van der Waals surface area contributed by atoms with Crippen LogP contribution >= 0.6 is 0 Å². The van der Waals surface area contributed by atoms with Gasteiger partial charge < -0.3 is 15.4 Å². The summed E-state index contributed by atoms with van der Waals surface area (Å²) in [6.07, 6.45) is -0.994. The first-order valence-electron chi connectivity index (χ1n) is 5.58. The van der Waals surface area contributed by atoms with E-state index in [1.807, 2.05) is 13.0 Å². The Morgan fingerprint density at radius 1 is 1.22 bits per heavy atom. The van der Waals surface area contributed by atoms with Gasteiger partial charge in [-0.1, -0.05) is 0 Å². The van der Waals surface area contributed by atoms with Gasteiger partial charge in [0, 0.05) is 13.1 Å². The minimum Gasteiger partial charge on any atom is -0.384 e. The summed E-state index contributed by atoms with van der Waals surface area (Å²) in [5.74, 6) is 0. The summed E-state index contributed by atoms with van der Waals surface area (Å²) in [5, 5.41) is 6.02. The molecule has 0 radical (unpaired) electrons. The number of pyridine rings is 1. The summed E-state index contributed by atoms with van der Waals surface area (Å²) in [6.45, 7) is 1.81. The Balaban J connectivity index is 2.24. The number of ether oxygens (including phenoxy) is 1. The fraction of sp³-hybridized carbons (Fsp3) is 0.545. The number of nitrogens with zero attached hydrogens (tertiary/aromatic N) is 1. The summed E-state index contributed by atoms with van der Waals surface area (Å²) >= 11 is 0. The fourth-order valence-electron chi connectivity index (χ4n) is 1.29. The third-order valence-electron chi connectivity index (χ3n) is 1.96. The molecule has 0 unspecified atom stereocenters. The third kappa shape index (κ3) is 6.29. The van der Waals surface area contributed by atoms with E-state index in [0.717, 1.165) is 17.9 Å². The topological polar surface area (TPSA) is 46.2 Å². The van der Waals surface area contributed by atoms with Gasteiger partial charge in [-0.05, 0) is 13.0 Å². The van der Waals surface area contributed by atoms with Crippen LogP contribution < -0.4 is 10.6 Å². The third-order valence-corrected chi connectivity index (χ3v) is 1.96. The molecule has 0 amide bonds. The van der Waals surface area contributed by atoms with Crippen molar-refractivity contribution in [1.29, 1.82) is 0 Å². The zero-order valence-corrected chi connectivity index (χ0v) is 10.0. The first-order valence-corrected chi connectivity index (χ1v) is 5.58. The Hall–Kier alpha value is -1.50. The number of alkyl halides is 3. The van der Waals surface area contributed by atoms with Gasteiger partial charge in [0.1, 0.15) is 6.61 Å². The van der Waals surface area contributed by atoms with E-state index in [9.17, 15) is 13.2 Å². The minimum absolute atomic E-state index is 0.00898. The van der Waals surface area contributed by atoms with Crippen LogP contribution in [0.25, 0.3) is 0 Å². The number of rotatable bonds is 7. The molecule has 0 aliphatic rings. The molecule has 0 bridgehead atoms. The molecule has 7 heteroatoms. The van der Waals surface area contributed by atoms with Crippen molar-refractivity contribution in [2.24, 2.45) is 0 Å². The smallest absolute Gasteiger partial charge is 0.384 e.